The Morgan fingerprint density at radius 2 is 1.75 bits per heavy atom. The predicted octanol–water partition coefficient (Wildman–Crippen LogP) is 3.54. The first-order valence-electron chi connectivity index (χ1n) is 8.71. The van der Waals surface area contributed by atoms with Gasteiger partial charge in [0.15, 0.2) is 0 Å². The minimum Gasteiger partial charge on any atom is -0.273 e. The molecule has 2 aromatic rings. The molecule has 3 rings (SSSR count). The van der Waals surface area contributed by atoms with Crippen molar-refractivity contribution in [2.24, 2.45) is 11.0 Å². The van der Waals surface area contributed by atoms with E-state index in [1.54, 1.807) is 48.5 Å². The van der Waals surface area contributed by atoms with Crippen molar-refractivity contribution >= 4 is 45.3 Å². The molecule has 1 heterocycles. The Labute approximate surface area is 174 Å². The lowest BCUT2D eigenvalue weighted by molar-refractivity contribution is -0.126. The van der Waals surface area contributed by atoms with Crippen molar-refractivity contribution in [3.05, 3.63) is 64.1 Å². The second-order valence-electron chi connectivity index (χ2n) is 6.37. The summed E-state index contributed by atoms with van der Waals surface area (Å²) in [4.78, 5) is 12.6. The standard InChI is InChI=1S/C19H19Cl2N3O3S/c20-17-8-4-5-15(18(17)21)13-22-23-19(25)14-9-11-24(12-10-14)28(26,27)16-6-2-1-3-7-16/h1-8,13-14H,9-12H2,(H,23,25)/b22-13-. The minimum atomic E-state index is -3.53. The lowest BCUT2D eigenvalue weighted by Crippen LogP contribution is -2.42. The summed E-state index contributed by atoms with van der Waals surface area (Å²) in [5.74, 6) is -0.541. The Bertz CT molecular complexity index is 973. The summed E-state index contributed by atoms with van der Waals surface area (Å²) in [5.41, 5.74) is 3.09. The summed E-state index contributed by atoms with van der Waals surface area (Å²) in [6, 6.07) is 13.4. The average Bonchev–Trinajstić information content (AvgIpc) is 2.72. The molecule has 0 atom stereocenters. The van der Waals surface area contributed by atoms with Gasteiger partial charge in [-0.3, -0.25) is 4.79 Å². The van der Waals surface area contributed by atoms with Gasteiger partial charge in [0.25, 0.3) is 0 Å². The second-order valence-corrected chi connectivity index (χ2v) is 9.09. The van der Waals surface area contributed by atoms with Crippen LogP contribution in [0.5, 0.6) is 0 Å². The zero-order valence-corrected chi connectivity index (χ0v) is 17.2. The van der Waals surface area contributed by atoms with E-state index in [9.17, 15) is 13.2 Å². The van der Waals surface area contributed by atoms with Crippen molar-refractivity contribution in [3.8, 4) is 0 Å². The SMILES string of the molecule is O=C(N/N=C\c1cccc(Cl)c1Cl)C1CCN(S(=O)(=O)c2ccccc2)CC1. The number of amides is 1. The Hall–Kier alpha value is -1.93. The van der Waals surface area contributed by atoms with Crippen LogP contribution in [0.15, 0.2) is 58.5 Å². The third-order valence-corrected chi connectivity index (χ3v) is 7.31. The highest BCUT2D eigenvalue weighted by Crippen LogP contribution is 2.25. The van der Waals surface area contributed by atoms with Crippen LogP contribution in [0.1, 0.15) is 18.4 Å². The summed E-state index contributed by atoms with van der Waals surface area (Å²) in [6.45, 7) is 0.582. The number of hydrogen-bond acceptors (Lipinski definition) is 4. The Morgan fingerprint density at radius 1 is 1.07 bits per heavy atom. The summed E-state index contributed by atoms with van der Waals surface area (Å²) in [7, 11) is -3.53. The van der Waals surface area contributed by atoms with Crippen molar-refractivity contribution in [1.29, 1.82) is 0 Å². The van der Waals surface area contributed by atoms with Crippen LogP contribution in [0.25, 0.3) is 0 Å². The molecular formula is C19H19Cl2N3O3S. The van der Waals surface area contributed by atoms with E-state index in [4.69, 9.17) is 23.2 Å². The van der Waals surface area contributed by atoms with Gasteiger partial charge in [0.1, 0.15) is 0 Å². The van der Waals surface area contributed by atoms with Crippen LogP contribution < -0.4 is 5.43 Å². The zero-order chi connectivity index (χ0) is 20.1. The van der Waals surface area contributed by atoms with E-state index in [0.29, 0.717) is 41.5 Å². The first kappa shape index (κ1) is 20.8. The molecule has 1 aliphatic heterocycles. The molecule has 1 N–H and O–H groups in total. The molecule has 0 unspecified atom stereocenters. The molecule has 0 radical (unpaired) electrons. The van der Waals surface area contributed by atoms with E-state index in [-0.39, 0.29) is 16.7 Å². The molecule has 0 bridgehead atoms. The van der Waals surface area contributed by atoms with Crippen molar-refractivity contribution in [1.82, 2.24) is 9.73 Å². The molecule has 1 fully saturated rings. The number of carbonyl (C=O) groups excluding carboxylic acids is 1. The van der Waals surface area contributed by atoms with Crippen molar-refractivity contribution in [2.75, 3.05) is 13.1 Å². The van der Waals surface area contributed by atoms with Gasteiger partial charge in [0.2, 0.25) is 15.9 Å². The van der Waals surface area contributed by atoms with Crippen LogP contribution in [0.3, 0.4) is 0 Å². The maximum atomic E-state index is 12.6. The Balaban J connectivity index is 1.55. The third kappa shape index (κ3) is 4.72. The van der Waals surface area contributed by atoms with Gasteiger partial charge in [0, 0.05) is 24.6 Å². The number of nitrogens with one attached hydrogen (secondary N) is 1. The number of carbonyl (C=O) groups is 1. The monoisotopic (exact) mass is 439 g/mol. The van der Waals surface area contributed by atoms with Gasteiger partial charge < -0.3 is 0 Å². The largest absolute Gasteiger partial charge is 0.273 e. The summed E-state index contributed by atoms with van der Waals surface area (Å²) in [5, 5.41) is 4.70. The summed E-state index contributed by atoms with van der Waals surface area (Å²) < 4.78 is 26.7. The van der Waals surface area contributed by atoms with Crippen LogP contribution in [-0.2, 0) is 14.8 Å². The van der Waals surface area contributed by atoms with Gasteiger partial charge in [-0.1, -0.05) is 53.5 Å². The third-order valence-electron chi connectivity index (χ3n) is 4.57. The molecule has 1 saturated heterocycles. The normalized spacial score (nSPS) is 16.4. The summed E-state index contributed by atoms with van der Waals surface area (Å²) in [6.07, 6.45) is 2.30. The molecule has 9 heteroatoms. The highest BCUT2D eigenvalue weighted by molar-refractivity contribution is 7.89. The number of rotatable bonds is 5. The van der Waals surface area contributed by atoms with E-state index in [1.165, 1.54) is 10.5 Å². The van der Waals surface area contributed by atoms with E-state index in [0.717, 1.165) is 0 Å². The molecule has 0 spiro atoms. The lowest BCUT2D eigenvalue weighted by atomic mass is 9.98. The smallest absolute Gasteiger partial charge is 0.243 e. The predicted molar refractivity (Wildman–Crippen MR) is 110 cm³/mol. The van der Waals surface area contributed by atoms with Gasteiger partial charge in [-0.25, -0.2) is 13.8 Å². The van der Waals surface area contributed by atoms with E-state index in [1.807, 2.05) is 0 Å². The number of benzene rings is 2. The van der Waals surface area contributed by atoms with Gasteiger partial charge in [-0.15, -0.1) is 0 Å². The van der Waals surface area contributed by atoms with Crippen molar-refractivity contribution < 1.29 is 13.2 Å². The van der Waals surface area contributed by atoms with E-state index >= 15 is 0 Å². The Morgan fingerprint density at radius 3 is 2.43 bits per heavy atom. The van der Waals surface area contributed by atoms with E-state index in [2.05, 4.69) is 10.5 Å². The molecule has 0 aromatic heterocycles. The molecule has 1 aliphatic rings. The van der Waals surface area contributed by atoms with Gasteiger partial charge >= 0.3 is 0 Å². The number of piperidine rings is 1. The summed E-state index contributed by atoms with van der Waals surface area (Å²) >= 11 is 12.0. The molecule has 2 aromatic carbocycles. The lowest BCUT2D eigenvalue weighted by Gasteiger charge is -2.30. The van der Waals surface area contributed by atoms with Gasteiger partial charge in [0.05, 0.1) is 21.2 Å². The molecular weight excluding hydrogens is 421 g/mol. The highest BCUT2D eigenvalue weighted by atomic mass is 35.5. The van der Waals surface area contributed by atoms with Crippen LogP contribution in [0.2, 0.25) is 10.0 Å². The highest BCUT2D eigenvalue weighted by Gasteiger charge is 2.31. The molecule has 28 heavy (non-hydrogen) atoms. The number of hydrazone groups is 1. The van der Waals surface area contributed by atoms with Crippen LogP contribution in [0.4, 0.5) is 0 Å². The number of hydrogen-bond donors (Lipinski definition) is 1. The molecule has 1 amide bonds. The first-order chi connectivity index (χ1) is 13.4. The molecule has 0 aliphatic carbocycles. The van der Waals surface area contributed by atoms with Crippen LogP contribution in [0, 0.1) is 5.92 Å². The number of halogens is 2. The molecule has 0 saturated carbocycles. The quantitative estimate of drug-likeness (QED) is 0.571. The molecule has 148 valence electrons. The van der Waals surface area contributed by atoms with E-state index < -0.39 is 10.0 Å². The second kappa shape index (κ2) is 9.05. The first-order valence-corrected chi connectivity index (χ1v) is 10.9. The van der Waals surface area contributed by atoms with Gasteiger partial charge in [-0.05, 0) is 31.0 Å². The van der Waals surface area contributed by atoms with Gasteiger partial charge in [-0.2, -0.15) is 9.41 Å². The van der Waals surface area contributed by atoms with Crippen molar-refractivity contribution in [3.63, 3.8) is 0 Å². The van der Waals surface area contributed by atoms with Crippen LogP contribution >= 0.6 is 23.2 Å². The average molecular weight is 440 g/mol. The maximum absolute atomic E-state index is 12.6. The maximum Gasteiger partial charge on any atom is 0.243 e. The Kier molecular flexibility index (Phi) is 6.72. The topological polar surface area (TPSA) is 78.8 Å². The fraction of sp³-hybridized carbons (Fsp3) is 0.263. The number of sulfonamides is 1. The fourth-order valence-corrected chi connectivity index (χ4v) is 4.82. The van der Waals surface area contributed by atoms with Crippen LogP contribution in [-0.4, -0.2) is 37.9 Å². The molecule has 6 nitrogen and oxygen atoms in total. The zero-order valence-electron chi connectivity index (χ0n) is 14.9. The number of nitrogens with zero attached hydrogens (tertiary/aromatic N) is 2. The fourth-order valence-electron chi connectivity index (χ4n) is 2.98. The van der Waals surface area contributed by atoms with Crippen molar-refractivity contribution in [2.45, 2.75) is 17.7 Å². The minimum absolute atomic E-state index is 0.244.